The first-order chi connectivity index (χ1) is 10.6. The van der Waals surface area contributed by atoms with Gasteiger partial charge in [-0.25, -0.2) is 4.98 Å². The number of hydrogen-bond acceptors (Lipinski definition) is 5. The zero-order valence-electron chi connectivity index (χ0n) is 12.4. The van der Waals surface area contributed by atoms with Crippen molar-refractivity contribution in [2.24, 2.45) is 0 Å². The summed E-state index contributed by atoms with van der Waals surface area (Å²) in [6.07, 6.45) is 2.20. The average Bonchev–Trinajstić information content (AvgIpc) is 2.98. The minimum absolute atomic E-state index is 0.150. The summed E-state index contributed by atoms with van der Waals surface area (Å²) in [6.45, 7) is -0.0334. The lowest BCUT2D eigenvalue weighted by molar-refractivity contribution is -0.107. The van der Waals surface area contributed by atoms with E-state index in [0.29, 0.717) is 13.0 Å². The van der Waals surface area contributed by atoms with Gasteiger partial charge in [-0.2, -0.15) is 0 Å². The van der Waals surface area contributed by atoms with E-state index in [4.69, 9.17) is 5.11 Å². The molecule has 0 saturated carbocycles. The smallest absolute Gasteiger partial charge is 0.274 e. The van der Waals surface area contributed by atoms with Crippen molar-refractivity contribution in [1.29, 1.82) is 0 Å². The van der Waals surface area contributed by atoms with Gasteiger partial charge in [0.1, 0.15) is 18.1 Å². The molecule has 8 heteroatoms. The highest BCUT2D eigenvalue weighted by Crippen LogP contribution is 2.18. The van der Waals surface area contributed by atoms with Gasteiger partial charge in [0.25, 0.3) is 5.91 Å². The van der Waals surface area contributed by atoms with Crippen molar-refractivity contribution >= 4 is 18.1 Å². The Balaban J connectivity index is 2.24. The fourth-order valence-corrected chi connectivity index (χ4v) is 1.94. The molecule has 0 radical (unpaired) electrons. The quantitative estimate of drug-likeness (QED) is 0.740. The molecule has 0 aliphatic heterocycles. The number of rotatable bonds is 6. The van der Waals surface area contributed by atoms with Gasteiger partial charge in [0.15, 0.2) is 5.82 Å². The van der Waals surface area contributed by atoms with Crippen LogP contribution in [0.3, 0.4) is 0 Å². The highest BCUT2D eigenvalue weighted by molar-refractivity contribution is 5.98. The maximum absolute atomic E-state index is 12.5. The van der Waals surface area contributed by atoms with Gasteiger partial charge in [0.05, 0.1) is 12.2 Å². The Morgan fingerprint density at radius 3 is 2.77 bits per heavy atom. The fourth-order valence-electron chi connectivity index (χ4n) is 1.94. The van der Waals surface area contributed by atoms with Gasteiger partial charge in [0.2, 0.25) is 6.41 Å². The SMILES string of the molecule is CN(Cc1ccccn1)C(=O)c1[nH]c(CO)nc1N(C)C=O. The molecule has 0 fully saturated rings. The molecule has 2 amide bonds. The van der Waals surface area contributed by atoms with Crippen LogP contribution in [0.5, 0.6) is 0 Å². The van der Waals surface area contributed by atoms with Crippen LogP contribution in [0.15, 0.2) is 24.4 Å². The molecule has 116 valence electrons. The molecule has 22 heavy (non-hydrogen) atoms. The van der Waals surface area contributed by atoms with E-state index < -0.39 is 0 Å². The fraction of sp³-hybridized carbons (Fsp3) is 0.286. The summed E-state index contributed by atoms with van der Waals surface area (Å²) in [7, 11) is 3.11. The second-order valence-corrected chi connectivity index (χ2v) is 4.74. The predicted octanol–water partition coefficient (Wildman–Crippen LogP) is 0.162. The van der Waals surface area contributed by atoms with Crippen LogP contribution < -0.4 is 4.90 Å². The third kappa shape index (κ3) is 3.29. The summed E-state index contributed by atoms with van der Waals surface area (Å²) >= 11 is 0. The molecule has 0 aliphatic carbocycles. The van der Waals surface area contributed by atoms with Gasteiger partial charge in [-0.3, -0.25) is 14.6 Å². The Kier molecular flexibility index (Phi) is 4.84. The van der Waals surface area contributed by atoms with Gasteiger partial charge >= 0.3 is 0 Å². The number of nitrogens with zero attached hydrogens (tertiary/aromatic N) is 4. The summed E-state index contributed by atoms with van der Waals surface area (Å²) in [5.41, 5.74) is 0.891. The normalized spacial score (nSPS) is 10.3. The Morgan fingerprint density at radius 2 is 2.18 bits per heavy atom. The van der Waals surface area contributed by atoms with Crippen molar-refractivity contribution < 1.29 is 14.7 Å². The summed E-state index contributed by atoms with van der Waals surface area (Å²) in [6, 6.07) is 5.45. The number of hydrogen-bond donors (Lipinski definition) is 2. The van der Waals surface area contributed by atoms with Crippen LogP contribution in [0.2, 0.25) is 0 Å². The summed E-state index contributed by atoms with van der Waals surface area (Å²) in [5, 5.41) is 9.15. The predicted molar refractivity (Wildman–Crippen MR) is 79.0 cm³/mol. The number of imidazole rings is 1. The van der Waals surface area contributed by atoms with Crippen LogP contribution >= 0.6 is 0 Å². The molecule has 0 spiro atoms. The second kappa shape index (κ2) is 6.81. The second-order valence-electron chi connectivity index (χ2n) is 4.74. The average molecular weight is 303 g/mol. The Morgan fingerprint density at radius 1 is 1.41 bits per heavy atom. The first-order valence-corrected chi connectivity index (χ1v) is 6.60. The molecular weight excluding hydrogens is 286 g/mol. The largest absolute Gasteiger partial charge is 0.388 e. The molecule has 0 saturated heterocycles. The minimum atomic E-state index is -0.350. The van der Waals surface area contributed by atoms with E-state index in [1.54, 1.807) is 19.3 Å². The molecule has 0 unspecified atom stereocenters. The van der Waals surface area contributed by atoms with Crippen LogP contribution in [0, 0.1) is 0 Å². The lowest BCUT2D eigenvalue weighted by atomic mass is 10.3. The molecule has 0 aromatic carbocycles. The first kappa shape index (κ1) is 15.6. The standard InChI is InChI=1S/C14H17N5O3/c1-18(7-10-5-3-4-6-15-10)14(22)12-13(19(2)9-21)17-11(8-20)16-12/h3-6,9,20H,7-8H2,1-2H3,(H,16,17). The number of anilines is 1. The molecule has 0 atom stereocenters. The van der Waals surface area contributed by atoms with E-state index in [1.807, 2.05) is 12.1 Å². The molecule has 2 aromatic heterocycles. The molecule has 8 nitrogen and oxygen atoms in total. The van der Waals surface area contributed by atoms with Gasteiger partial charge in [0, 0.05) is 20.3 Å². The highest BCUT2D eigenvalue weighted by Gasteiger charge is 2.23. The van der Waals surface area contributed by atoms with Crippen LogP contribution in [0.4, 0.5) is 5.82 Å². The Bertz CT molecular complexity index is 656. The maximum Gasteiger partial charge on any atom is 0.274 e. The summed E-state index contributed by atoms with van der Waals surface area (Å²) < 4.78 is 0. The lowest BCUT2D eigenvalue weighted by Gasteiger charge is -2.17. The van der Waals surface area contributed by atoms with E-state index in [1.165, 1.54) is 16.8 Å². The number of pyridine rings is 1. The summed E-state index contributed by atoms with van der Waals surface area (Å²) in [5.74, 6) is 0.0526. The number of H-pyrrole nitrogens is 1. The molecule has 0 aliphatic rings. The maximum atomic E-state index is 12.5. The number of aromatic amines is 1. The molecule has 2 rings (SSSR count). The van der Waals surface area contributed by atoms with Crippen LogP contribution in [-0.4, -0.2) is 51.4 Å². The van der Waals surface area contributed by atoms with E-state index >= 15 is 0 Å². The number of carbonyl (C=O) groups is 2. The lowest BCUT2D eigenvalue weighted by Crippen LogP contribution is -2.29. The van der Waals surface area contributed by atoms with E-state index in [0.717, 1.165) is 5.69 Å². The molecular formula is C14H17N5O3. The Labute approximate surface area is 127 Å². The molecule has 2 N–H and O–H groups in total. The topological polar surface area (TPSA) is 102 Å². The van der Waals surface area contributed by atoms with Crippen molar-refractivity contribution in [3.05, 3.63) is 41.6 Å². The van der Waals surface area contributed by atoms with Crippen LogP contribution in [-0.2, 0) is 17.9 Å². The number of amides is 2. The van der Waals surface area contributed by atoms with Crippen LogP contribution in [0.1, 0.15) is 22.0 Å². The Hall–Kier alpha value is -2.74. The highest BCUT2D eigenvalue weighted by atomic mass is 16.3. The van der Waals surface area contributed by atoms with Crippen molar-refractivity contribution in [2.45, 2.75) is 13.2 Å². The van der Waals surface area contributed by atoms with E-state index in [-0.39, 0.29) is 29.9 Å². The van der Waals surface area contributed by atoms with Crippen molar-refractivity contribution in [3.63, 3.8) is 0 Å². The van der Waals surface area contributed by atoms with Gasteiger partial charge in [-0.15, -0.1) is 0 Å². The van der Waals surface area contributed by atoms with Gasteiger partial charge in [-0.05, 0) is 12.1 Å². The van der Waals surface area contributed by atoms with Gasteiger partial charge in [-0.1, -0.05) is 6.07 Å². The van der Waals surface area contributed by atoms with Crippen molar-refractivity contribution in [1.82, 2.24) is 19.9 Å². The summed E-state index contributed by atoms with van der Waals surface area (Å²) in [4.78, 5) is 37.0. The number of nitrogens with one attached hydrogen (secondary N) is 1. The number of aliphatic hydroxyl groups excluding tert-OH is 1. The third-order valence-corrected chi connectivity index (χ3v) is 3.06. The third-order valence-electron chi connectivity index (χ3n) is 3.06. The molecule has 2 heterocycles. The van der Waals surface area contributed by atoms with E-state index in [2.05, 4.69) is 15.0 Å². The van der Waals surface area contributed by atoms with Crippen LogP contribution in [0.25, 0.3) is 0 Å². The van der Waals surface area contributed by atoms with E-state index in [9.17, 15) is 9.59 Å². The number of carbonyl (C=O) groups excluding carboxylic acids is 2. The first-order valence-electron chi connectivity index (χ1n) is 6.60. The monoisotopic (exact) mass is 303 g/mol. The van der Waals surface area contributed by atoms with Crippen molar-refractivity contribution in [2.75, 3.05) is 19.0 Å². The number of aliphatic hydroxyl groups is 1. The minimum Gasteiger partial charge on any atom is -0.388 e. The zero-order chi connectivity index (χ0) is 16.1. The molecule has 0 bridgehead atoms. The molecule has 2 aromatic rings. The van der Waals surface area contributed by atoms with Crippen molar-refractivity contribution in [3.8, 4) is 0 Å². The zero-order valence-corrected chi connectivity index (χ0v) is 12.4. The number of aromatic nitrogens is 3. The van der Waals surface area contributed by atoms with Gasteiger partial charge < -0.3 is 19.9 Å².